The smallest absolute Gasteiger partial charge is 0.224 e. The molecular formula is C19H20N2O2. The van der Waals surface area contributed by atoms with Crippen LogP contribution in [0.5, 0.6) is 5.75 Å². The van der Waals surface area contributed by atoms with Crippen LogP contribution in [-0.4, -0.2) is 10.9 Å². The molecule has 1 amide bonds. The van der Waals surface area contributed by atoms with E-state index in [-0.39, 0.29) is 5.91 Å². The summed E-state index contributed by atoms with van der Waals surface area (Å²) in [7, 11) is 0. The number of fused-ring (bicyclic) bond motifs is 1. The van der Waals surface area contributed by atoms with E-state index in [1.54, 1.807) is 0 Å². The maximum Gasteiger partial charge on any atom is 0.224 e. The number of hydrogen-bond donors (Lipinski definition) is 2. The Morgan fingerprint density at radius 2 is 1.96 bits per heavy atom. The number of amides is 1. The molecular weight excluding hydrogens is 288 g/mol. The van der Waals surface area contributed by atoms with Crippen molar-refractivity contribution in [2.75, 3.05) is 5.32 Å². The molecule has 0 saturated heterocycles. The van der Waals surface area contributed by atoms with Gasteiger partial charge in [0.1, 0.15) is 12.4 Å². The van der Waals surface area contributed by atoms with E-state index in [0.717, 1.165) is 27.9 Å². The van der Waals surface area contributed by atoms with E-state index in [0.29, 0.717) is 13.0 Å². The van der Waals surface area contributed by atoms with Gasteiger partial charge in [0.15, 0.2) is 0 Å². The molecule has 4 nitrogen and oxygen atoms in total. The molecule has 4 heteroatoms. The Kier molecular flexibility index (Phi) is 4.33. The van der Waals surface area contributed by atoms with Crippen molar-refractivity contribution < 1.29 is 9.53 Å². The van der Waals surface area contributed by atoms with E-state index >= 15 is 0 Å². The molecule has 0 unspecified atom stereocenters. The standard InChI is InChI=1S/C19H20N2O2/c1-3-19(22)21-18-11-20-17-9-6-14(10-16(17)18)12-23-15-7-4-13(2)5-8-15/h4-11,20H,3,12H2,1-2H3,(H,21,22). The third-order valence-electron chi connectivity index (χ3n) is 3.77. The lowest BCUT2D eigenvalue weighted by Crippen LogP contribution is -2.08. The first-order valence-corrected chi connectivity index (χ1v) is 7.75. The summed E-state index contributed by atoms with van der Waals surface area (Å²) >= 11 is 0. The van der Waals surface area contributed by atoms with Gasteiger partial charge in [0.2, 0.25) is 5.91 Å². The van der Waals surface area contributed by atoms with Crippen molar-refractivity contribution >= 4 is 22.5 Å². The highest BCUT2D eigenvalue weighted by atomic mass is 16.5. The van der Waals surface area contributed by atoms with E-state index in [2.05, 4.69) is 17.2 Å². The van der Waals surface area contributed by atoms with Crippen molar-refractivity contribution in [2.24, 2.45) is 0 Å². The topological polar surface area (TPSA) is 54.1 Å². The monoisotopic (exact) mass is 308 g/mol. The van der Waals surface area contributed by atoms with Gasteiger partial charge < -0.3 is 15.0 Å². The number of rotatable bonds is 5. The molecule has 0 aliphatic carbocycles. The zero-order chi connectivity index (χ0) is 16.2. The van der Waals surface area contributed by atoms with Gasteiger partial charge in [0, 0.05) is 23.5 Å². The summed E-state index contributed by atoms with van der Waals surface area (Å²) in [5, 5.41) is 3.91. The number of benzene rings is 2. The molecule has 0 bridgehead atoms. The number of aromatic nitrogens is 1. The van der Waals surface area contributed by atoms with Gasteiger partial charge in [-0.1, -0.05) is 30.7 Å². The van der Waals surface area contributed by atoms with Gasteiger partial charge in [-0.25, -0.2) is 0 Å². The summed E-state index contributed by atoms with van der Waals surface area (Å²) in [6.45, 7) is 4.38. The normalized spacial score (nSPS) is 10.7. The lowest BCUT2D eigenvalue weighted by molar-refractivity contribution is -0.115. The first kappa shape index (κ1) is 15.2. The number of carbonyl (C=O) groups is 1. The molecule has 3 aromatic rings. The number of nitrogens with one attached hydrogen (secondary N) is 2. The molecule has 1 aromatic heterocycles. The molecule has 2 N–H and O–H groups in total. The van der Waals surface area contributed by atoms with Crippen molar-refractivity contribution in [3.63, 3.8) is 0 Å². The fraction of sp³-hybridized carbons (Fsp3) is 0.211. The van der Waals surface area contributed by atoms with Crippen LogP contribution in [0.2, 0.25) is 0 Å². The average molecular weight is 308 g/mol. The predicted octanol–water partition coefficient (Wildman–Crippen LogP) is 4.40. The van der Waals surface area contributed by atoms with Gasteiger partial charge in [-0.15, -0.1) is 0 Å². The largest absolute Gasteiger partial charge is 0.489 e. The van der Waals surface area contributed by atoms with Crippen molar-refractivity contribution in [1.29, 1.82) is 0 Å². The van der Waals surface area contributed by atoms with Gasteiger partial charge in [-0.05, 0) is 36.8 Å². The Labute approximate surface area is 135 Å². The van der Waals surface area contributed by atoms with Gasteiger partial charge in [0.05, 0.1) is 5.69 Å². The zero-order valence-corrected chi connectivity index (χ0v) is 13.3. The summed E-state index contributed by atoms with van der Waals surface area (Å²) in [6.07, 6.45) is 2.28. The second-order valence-electron chi connectivity index (χ2n) is 5.59. The molecule has 0 aliphatic heterocycles. The van der Waals surface area contributed by atoms with Crippen LogP contribution in [0, 0.1) is 6.92 Å². The van der Waals surface area contributed by atoms with Crippen LogP contribution in [0.3, 0.4) is 0 Å². The number of carbonyl (C=O) groups excluding carboxylic acids is 1. The van der Waals surface area contributed by atoms with Crippen LogP contribution in [-0.2, 0) is 11.4 Å². The maximum absolute atomic E-state index is 11.6. The van der Waals surface area contributed by atoms with Crippen LogP contribution in [0.15, 0.2) is 48.7 Å². The number of aryl methyl sites for hydroxylation is 1. The Morgan fingerprint density at radius 1 is 1.17 bits per heavy atom. The van der Waals surface area contributed by atoms with Crippen LogP contribution in [0.4, 0.5) is 5.69 Å². The molecule has 0 saturated carbocycles. The summed E-state index contributed by atoms with van der Waals surface area (Å²) in [4.78, 5) is 14.8. The minimum Gasteiger partial charge on any atom is -0.489 e. The molecule has 2 aromatic carbocycles. The highest BCUT2D eigenvalue weighted by Crippen LogP contribution is 2.25. The second-order valence-corrected chi connectivity index (χ2v) is 5.59. The lowest BCUT2D eigenvalue weighted by atomic mass is 10.1. The first-order chi connectivity index (χ1) is 11.2. The third-order valence-corrected chi connectivity index (χ3v) is 3.77. The molecule has 118 valence electrons. The maximum atomic E-state index is 11.6. The van der Waals surface area contributed by atoms with Crippen LogP contribution in [0.25, 0.3) is 10.9 Å². The van der Waals surface area contributed by atoms with Crippen molar-refractivity contribution in [1.82, 2.24) is 4.98 Å². The highest BCUT2D eigenvalue weighted by Gasteiger charge is 2.07. The SMILES string of the molecule is CCC(=O)Nc1c[nH]c2ccc(COc3ccc(C)cc3)cc12. The summed E-state index contributed by atoms with van der Waals surface area (Å²) in [5.41, 5.74) is 4.08. The minimum atomic E-state index is 0.00667. The molecule has 0 fully saturated rings. The van der Waals surface area contributed by atoms with E-state index < -0.39 is 0 Å². The predicted molar refractivity (Wildman–Crippen MR) is 92.7 cm³/mol. The zero-order valence-electron chi connectivity index (χ0n) is 13.3. The first-order valence-electron chi connectivity index (χ1n) is 7.75. The summed E-state index contributed by atoms with van der Waals surface area (Å²) in [6, 6.07) is 14.1. The quantitative estimate of drug-likeness (QED) is 0.734. The summed E-state index contributed by atoms with van der Waals surface area (Å²) in [5.74, 6) is 0.858. The molecule has 1 heterocycles. The molecule has 3 rings (SSSR count). The molecule has 0 radical (unpaired) electrons. The number of aromatic amines is 1. The average Bonchev–Trinajstić information content (AvgIpc) is 2.96. The number of ether oxygens (including phenoxy) is 1. The van der Waals surface area contributed by atoms with Crippen molar-refractivity contribution in [3.8, 4) is 5.75 Å². The Morgan fingerprint density at radius 3 is 2.70 bits per heavy atom. The van der Waals surface area contributed by atoms with Gasteiger partial charge >= 0.3 is 0 Å². The van der Waals surface area contributed by atoms with Crippen LogP contribution in [0.1, 0.15) is 24.5 Å². The van der Waals surface area contributed by atoms with Crippen molar-refractivity contribution in [3.05, 3.63) is 59.8 Å². The van der Waals surface area contributed by atoms with E-state index in [1.807, 2.05) is 55.6 Å². The Hall–Kier alpha value is -2.75. The number of H-pyrrole nitrogens is 1. The third kappa shape index (κ3) is 3.54. The molecule has 0 atom stereocenters. The second kappa shape index (κ2) is 6.57. The fourth-order valence-corrected chi connectivity index (χ4v) is 2.40. The van der Waals surface area contributed by atoms with Crippen LogP contribution < -0.4 is 10.1 Å². The van der Waals surface area contributed by atoms with Crippen molar-refractivity contribution in [2.45, 2.75) is 26.9 Å². The summed E-state index contributed by atoms with van der Waals surface area (Å²) < 4.78 is 5.82. The Balaban J connectivity index is 1.77. The number of anilines is 1. The fourth-order valence-electron chi connectivity index (χ4n) is 2.40. The van der Waals surface area contributed by atoms with E-state index in [4.69, 9.17) is 4.74 Å². The van der Waals surface area contributed by atoms with Gasteiger partial charge in [0.25, 0.3) is 0 Å². The van der Waals surface area contributed by atoms with E-state index in [9.17, 15) is 4.79 Å². The highest BCUT2D eigenvalue weighted by molar-refractivity contribution is 6.01. The van der Waals surface area contributed by atoms with Gasteiger partial charge in [-0.2, -0.15) is 0 Å². The molecule has 23 heavy (non-hydrogen) atoms. The molecule has 0 aliphatic rings. The number of hydrogen-bond acceptors (Lipinski definition) is 2. The minimum absolute atomic E-state index is 0.00667. The lowest BCUT2D eigenvalue weighted by Gasteiger charge is -2.07. The molecule has 0 spiro atoms. The van der Waals surface area contributed by atoms with E-state index in [1.165, 1.54) is 5.56 Å². The Bertz CT molecular complexity index is 819. The van der Waals surface area contributed by atoms with Crippen LogP contribution >= 0.6 is 0 Å². The van der Waals surface area contributed by atoms with Gasteiger partial charge in [-0.3, -0.25) is 4.79 Å².